The summed E-state index contributed by atoms with van der Waals surface area (Å²) < 4.78 is 4.44. The summed E-state index contributed by atoms with van der Waals surface area (Å²) in [4.78, 5) is 27.1. The van der Waals surface area contributed by atoms with Crippen molar-refractivity contribution in [1.29, 1.82) is 0 Å². The molecule has 1 atom stereocenters. The van der Waals surface area contributed by atoms with Gasteiger partial charge in [0.05, 0.1) is 18.3 Å². The Morgan fingerprint density at radius 2 is 2.31 bits per heavy atom. The van der Waals surface area contributed by atoms with E-state index in [0.29, 0.717) is 6.42 Å². The fourth-order valence-electron chi connectivity index (χ4n) is 1.33. The van der Waals surface area contributed by atoms with E-state index in [4.69, 9.17) is 5.11 Å². The quantitative estimate of drug-likeness (QED) is 0.622. The van der Waals surface area contributed by atoms with Gasteiger partial charge in [0.2, 0.25) is 0 Å². The molecule has 1 aromatic heterocycles. The number of carbonyl (C=O) groups excluding carboxylic acids is 1. The van der Waals surface area contributed by atoms with E-state index in [2.05, 4.69) is 9.72 Å². The Morgan fingerprint density at radius 1 is 1.62 bits per heavy atom. The number of carbonyl (C=O) groups is 2. The maximum absolute atomic E-state index is 11.2. The summed E-state index contributed by atoms with van der Waals surface area (Å²) >= 11 is 1.47. The molecule has 1 unspecified atom stereocenters. The normalized spacial score (nSPS) is 12.1. The third-order valence-corrected chi connectivity index (χ3v) is 3.28. The van der Waals surface area contributed by atoms with Crippen molar-refractivity contribution in [2.45, 2.75) is 19.8 Å². The fourth-order valence-corrected chi connectivity index (χ4v) is 2.12. The van der Waals surface area contributed by atoms with Crippen LogP contribution in [0.4, 0.5) is 0 Å². The van der Waals surface area contributed by atoms with Crippen molar-refractivity contribution in [3.63, 3.8) is 0 Å². The van der Waals surface area contributed by atoms with Gasteiger partial charge in [0.1, 0.15) is 0 Å². The van der Waals surface area contributed by atoms with Gasteiger partial charge in [0.15, 0.2) is 5.92 Å². The summed E-state index contributed by atoms with van der Waals surface area (Å²) in [5, 5.41) is 8.86. The first kappa shape index (κ1) is 12.6. The molecule has 0 bridgehead atoms. The van der Waals surface area contributed by atoms with E-state index in [1.165, 1.54) is 18.4 Å². The van der Waals surface area contributed by atoms with Gasteiger partial charge in [0.25, 0.3) is 0 Å². The molecule has 1 rings (SSSR count). The second-order valence-electron chi connectivity index (χ2n) is 3.31. The van der Waals surface area contributed by atoms with Gasteiger partial charge in [-0.2, -0.15) is 0 Å². The van der Waals surface area contributed by atoms with Gasteiger partial charge in [-0.3, -0.25) is 9.59 Å². The predicted molar refractivity (Wildman–Crippen MR) is 58.3 cm³/mol. The maximum Gasteiger partial charge on any atom is 0.320 e. The Balaban J connectivity index is 2.61. The third-order valence-electron chi connectivity index (χ3n) is 2.29. The first-order valence-corrected chi connectivity index (χ1v) is 5.63. The molecule has 0 amide bonds. The first-order valence-electron chi connectivity index (χ1n) is 4.76. The molecule has 1 N–H and O–H groups in total. The number of aryl methyl sites for hydroxylation is 2. The second kappa shape index (κ2) is 5.60. The van der Waals surface area contributed by atoms with Crippen molar-refractivity contribution in [3.8, 4) is 0 Å². The SMILES string of the molecule is COC(=O)C(CCc1scnc1C)C(=O)O. The van der Waals surface area contributed by atoms with Crippen LogP contribution in [0.3, 0.4) is 0 Å². The number of ether oxygens (including phenoxy) is 1. The number of esters is 1. The van der Waals surface area contributed by atoms with E-state index < -0.39 is 17.9 Å². The predicted octanol–water partition coefficient (Wildman–Crippen LogP) is 1.26. The van der Waals surface area contributed by atoms with Crippen LogP contribution in [0.2, 0.25) is 0 Å². The van der Waals surface area contributed by atoms with Gasteiger partial charge in [0, 0.05) is 4.88 Å². The molecule has 0 fully saturated rings. The van der Waals surface area contributed by atoms with Gasteiger partial charge in [-0.15, -0.1) is 11.3 Å². The van der Waals surface area contributed by atoms with E-state index in [-0.39, 0.29) is 6.42 Å². The van der Waals surface area contributed by atoms with Crippen molar-refractivity contribution >= 4 is 23.3 Å². The smallest absolute Gasteiger partial charge is 0.320 e. The summed E-state index contributed by atoms with van der Waals surface area (Å²) in [6, 6.07) is 0. The number of thiazole rings is 1. The monoisotopic (exact) mass is 243 g/mol. The molecule has 0 aliphatic heterocycles. The molecule has 0 radical (unpaired) electrons. The molecule has 0 aliphatic rings. The van der Waals surface area contributed by atoms with Crippen LogP contribution in [-0.2, 0) is 20.7 Å². The van der Waals surface area contributed by atoms with Crippen LogP contribution < -0.4 is 0 Å². The number of nitrogens with zero attached hydrogens (tertiary/aromatic N) is 1. The molecule has 0 saturated carbocycles. The average Bonchev–Trinajstić information content (AvgIpc) is 2.64. The maximum atomic E-state index is 11.2. The lowest BCUT2D eigenvalue weighted by Gasteiger charge is -2.08. The van der Waals surface area contributed by atoms with Crippen LogP contribution in [0.5, 0.6) is 0 Å². The largest absolute Gasteiger partial charge is 0.481 e. The van der Waals surface area contributed by atoms with E-state index >= 15 is 0 Å². The highest BCUT2D eigenvalue weighted by atomic mass is 32.1. The first-order chi connectivity index (χ1) is 7.56. The van der Waals surface area contributed by atoms with Gasteiger partial charge in [-0.1, -0.05) is 0 Å². The molecule has 0 aromatic carbocycles. The van der Waals surface area contributed by atoms with Crippen LogP contribution in [0, 0.1) is 12.8 Å². The highest BCUT2D eigenvalue weighted by Gasteiger charge is 2.27. The van der Waals surface area contributed by atoms with Crippen LogP contribution in [0.1, 0.15) is 17.0 Å². The molecule has 0 spiro atoms. The number of hydrogen-bond acceptors (Lipinski definition) is 5. The summed E-state index contributed by atoms with van der Waals surface area (Å²) in [5.41, 5.74) is 2.59. The molecule has 1 aromatic rings. The lowest BCUT2D eigenvalue weighted by atomic mass is 10.0. The van der Waals surface area contributed by atoms with Crippen molar-refractivity contribution < 1.29 is 19.4 Å². The summed E-state index contributed by atoms with van der Waals surface area (Å²) in [6.45, 7) is 1.86. The van der Waals surface area contributed by atoms with Crippen molar-refractivity contribution in [2.75, 3.05) is 7.11 Å². The Hall–Kier alpha value is -1.43. The minimum absolute atomic E-state index is 0.241. The second-order valence-corrected chi connectivity index (χ2v) is 4.25. The van der Waals surface area contributed by atoms with E-state index in [1.54, 1.807) is 5.51 Å². The zero-order chi connectivity index (χ0) is 12.1. The Bertz CT molecular complexity index is 388. The zero-order valence-electron chi connectivity index (χ0n) is 9.10. The van der Waals surface area contributed by atoms with Crippen LogP contribution >= 0.6 is 11.3 Å². The van der Waals surface area contributed by atoms with Crippen molar-refractivity contribution in [1.82, 2.24) is 4.98 Å². The molecule has 0 saturated heterocycles. The topological polar surface area (TPSA) is 76.5 Å². The fraction of sp³-hybridized carbons (Fsp3) is 0.500. The summed E-state index contributed by atoms with van der Waals surface area (Å²) in [7, 11) is 1.19. The molecule has 5 nitrogen and oxygen atoms in total. The van der Waals surface area contributed by atoms with Gasteiger partial charge < -0.3 is 9.84 Å². The number of methoxy groups -OCH3 is 1. The number of aromatic nitrogens is 1. The highest BCUT2D eigenvalue weighted by Crippen LogP contribution is 2.18. The molecule has 6 heteroatoms. The number of aliphatic carboxylic acids is 1. The molecule has 1 heterocycles. The summed E-state index contributed by atoms with van der Waals surface area (Å²) in [6.07, 6.45) is 0.771. The number of hydrogen-bond donors (Lipinski definition) is 1. The highest BCUT2D eigenvalue weighted by molar-refractivity contribution is 7.09. The summed E-state index contributed by atoms with van der Waals surface area (Å²) in [5.74, 6) is -2.94. The Kier molecular flexibility index (Phi) is 4.42. The average molecular weight is 243 g/mol. The van der Waals surface area contributed by atoms with E-state index in [1.807, 2.05) is 6.92 Å². The zero-order valence-corrected chi connectivity index (χ0v) is 9.91. The van der Waals surface area contributed by atoms with Gasteiger partial charge >= 0.3 is 11.9 Å². The van der Waals surface area contributed by atoms with Crippen molar-refractivity contribution in [3.05, 3.63) is 16.1 Å². The Morgan fingerprint density at radius 3 is 2.75 bits per heavy atom. The van der Waals surface area contributed by atoms with Crippen LogP contribution in [0.25, 0.3) is 0 Å². The number of rotatable bonds is 5. The molecule has 0 aliphatic carbocycles. The van der Waals surface area contributed by atoms with Crippen LogP contribution in [-0.4, -0.2) is 29.1 Å². The lowest BCUT2D eigenvalue weighted by molar-refractivity contribution is -0.156. The minimum Gasteiger partial charge on any atom is -0.481 e. The van der Waals surface area contributed by atoms with Crippen LogP contribution in [0.15, 0.2) is 5.51 Å². The number of carboxylic acid groups (broad SMARTS) is 1. The number of carboxylic acids is 1. The Labute approximate surface area is 97.1 Å². The lowest BCUT2D eigenvalue weighted by Crippen LogP contribution is -2.25. The minimum atomic E-state index is -1.14. The standard InChI is InChI=1S/C10H13NO4S/c1-6-8(16-5-11-6)4-3-7(9(12)13)10(14)15-2/h5,7H,3-4H2,1-2H3,(H,12,13). The van der Waals surface area contributed by atoms with Gasteiger partial charge in [-0.25, -0.2) is 4.98 Å². The van der Waals surface area contributed by atoms with Gasteiger partial charge in [-0.05, 0) is 19.8 Å². The van der Waals surface area contributed by atoms with E-state index in [0.717, 1.165) is 10.6 Å². The third kappa shape index (κ3) is 3.03. The van der Waals surface area contributed by atoms with E-state index in [9.17, 15) is 9.59 Å². The molecule has 88 valence electrons. The van der Waals surface area contributed by atoms with Crippen molar-refractivity contribution in [2.24, 2.45) is 5.92 Å². The molecular formula is C10H13NO4S. The molecular weight excluding hydrogens is 230 g/mol. The molecule has 16 heavy (non-hydrogen) atoms.